The zero-order valence-corrected chi connectivity index (χ0v) is 18.4. The predicted octanol–water partition coefficient (Wildman–Crippen LogP) is 5.38. The van der Waals surface area contributed by atoms with E-state index in [0.29, 0.717) is 5.56 Å². The maximum absolute atomic E-state index is 12.9. The summed E-state index contributed by atoms with van der Waals surface area (Å²) in [6, 6.07) is 21.5. The highest BCUT2D eigenvalue weighted by Crippen LogP contribution is 2.30. The lowest BCUT2D eigenvalue weighted by Crippen LogP contribution is -2.19. The van der Waals surface area contributed by atoms with E-state index in [1.165, 1.54) is 5.56 Å². The summed E-state index contributed by atoms with van der Waals surface area (Å²) in [6.45, 7) is 6.65. The van der Waals surface area contributed by atoms with Gasteiger partial charge in [-0.05, 0) is 47.4 Å². The van der Waals surface area contributed by atoms with Gasteiger partial charge in [0.05, 0.1) is 0 Å². The Morgan fingerprint density at radius 1 is 1.00 bits per heavy atom. The van der Waals surface area contributed by atoms with E-state index < -0.39 is 0 Å². The number of nitrogens with one attached hydrogen (secondary N) is 2. The van der Waals surface area contributed by atoms with Crippen LogP contribution in [0.2, 0.25) is 0 Å². The SMILES string of the molecule is CC(C)(C)c1ccc(NC(=O)Cn2c3ccccc3c3cc(C(=N)N=NN)ccc32)cc1. The number of anilines is 1. The Morgan fingerprint density at radius 3 is 2.38 bits per heavy atom. The summed E-state index contributed by atoms with van der Waals surface area (Å²) < 4.78 is 1.99. The van der Waals surface area contributed by atoms with Crippen LogP contribution in [0.15, 0.2) is 77.1 Å². The van der Waals surface area contributed by atoms with E-state index >= 15 is 0 Å². The van der Waals surface area contributed by atoms with Crippen LogP contribution in [-0.2, 0) is 16.8 Å². The fourth-order valence-electron chi connectivity index (χ4n) is 3.88. The van der Waals surface area contributed by atoms with Crippen LogP contribution >= 0.6 is 0 Å². The van der Waals surface area contributed by atoms with Gasteiger partial charge in [-0.25, -0.2) is 0 Å². The summed E-state index contributed by atoms with van der Waals surface area (Å²) in [6.07, 6.45) is 0. The minimum absolute atomic E-state index is 0.0114. The van der Waals surface area contributed by atoms with Crippen molar-refractivity contribution < 1.29 is 4.79 Å². The third-order valence-corrected chi connectivity index (χ3v) is 5.54. The first-order chi connectivity index (χ1) is 15.3. The number of benzene rings is 3. The molecule has 162 valence electrons. The lowest BCUT2D eigenvalue weighted by molar-refractivity contribution is -0.116. The Hall–Kier alpha value is -4.00. The van der Waals surface area contributed by atoms with Crippen LogP contribution < -0.4 is 11.2 Å². The first-order valence-corrected chi connectivity index (χ1v) is 10.4. The van der Waals surface area contributed by atoms with E-state index in [2.05, 4.69) is 36.4 Å². The minimum atomic E-state index is -0.107. The molecule has 4 N–H and O–H groups in total. The number of nitrogens with two attached hydrogens (primary N) is 1. The normalized spacial score (nSPS) is 12.0. The maximum atomic E-state index is 12.9. The first-order valence-electron chi connectivity index (χ1n) is 10.4. The van der Waals surface area contributed by atoms with Crippen LogP contribution in [0.1, 0.15) is 31.9 Å². The second-order valence-corrected chi connectivity index (χ2v) is 8.77. The Labute approximate surface area is 186 Å². The fraction of sp³-hybridized carbons (Fsp3) is 0.200. The number of hydrogen-bond donors (Lipinski definition) is 3. The van der Waals surface area contributed by atoms with Crippen LogP contribution in [0, 0.1) is 5.41 Å². The van der Waals surface area contributed by atoms with E-state index in [1.54, 1.807) is 6.07 Å². The molecule has 0 saturated carbocycles. The van der Waals surface area contributed by atoms with Crippen LogP contribution in [0.25, 0.3) is 21.8 Å². The van der Waals surface area contributed by atoms with Gasteiger partial charge in [0.25, 0.3) is 0 Å². The number of nitrogens with zero attached hydrogens (tertiary/aromatic N) is 3. The van der Waals surface area contributed by atoms with Crippen LogP contribution in [0.3, 0.4) is 0 Å². The standard InChI is InChI=1S/C25H26N6O/c1-25(2,3)17-9-11-18(12-10-17)28-23(32)15-31-21-7-5-4-6-19(21)20-14-16(8-13-22(20)31)24(26)29-30-27/h4-14H,15H2,1-3H3,(H,28,32)(H3,26,27,29). The van der Waals surface area contributed by atoms with Crippen molar-refractivity contribution in [3.05, 3.63) is 77.9 Å². The molecule has 0 spiro atoms. The molecule has 0 atom stereocenters. The highest BCUT2D eigenvalue weighted by molar-refractivity contribution is 6.11. The minimum Gasteiger partial charge on any atom is -0.331 e. The number of rotatable bonds is 4. The number of carbonyl (C=O) groups excluding carboxylic acids is 1. The molecule has 0 radical (unpaired) electrons. The highest BCUT2D eigenvalue weighted by Gasteiger charge is 2.16. The van der Waals surface area contributed by atoms with Gasteiger partial charge in [0.15, 0.2) is 5.84 Å². The van der Waals surface area contributed by atoms with Gasteiger partial charge >= 0.3 is 0 Å². The van der Waals surface area contributed by atoms with Crippen molar-refractivity contribution in [2.24, 2.45) is 16.2 Å². The number of fused-ring (bicyclic) bond motifs is 3. The lowest BCUT2D eigenvalue weighted by atomic mass is 9.87. The molecule has 1 amide bonds. The van der Waals surface area contributed by atoms with Crippen molar-refractivity contribution in [2.75, 3.05) is 5.32 Å². The average Bonchev–Trinajstić information content (AvgIpc) is 3.07. The Balaban J connectivity index is 1.66. The molecule has 32 heavy (non-hydrogen) atoms. The number of carbonyl (C=O) groups is 1. The molecule has 0 aliphatic carbocycles. The number of amidine groups is 1. The monoisotopic (exact) mass is 426 g/mol. The molecule has 0 aliphatic rings. The van der Waals surface area contributed by atoms with Gasteiger partial charge in [-0.1, -0.05) is 56.3 Å². The molecular formula is C25H26N6O. The second-order valence-electron chi connectivity index (χ2n) is 8.77. The molecule has 3 aromatic carbocycles. The molecule has 0 unspecified atom stereocenters. The fourth-order valence-corrected chi connectivity index (χ4v) is 3.88. The zero-order chi connectivity index (χ0) is 22.9. The molecule has 4 rings (SSSR count). The van der Waals surface area contributed by atoms with E-state index in [0.717, 1.165) is 27.5 Å². The van der Waals surface area contributed by atoms with Crippen molar-refractivity contribution in [3.63, 3.8) is 0 Å². The van der Waals surface area contributed by atoms with E-state index in [4.69, 9.17) is 11.3 Å². The lowest BCUT2D eigenvalue weighted by Gasteiger charge is -2.19. The maximum Gasteiger partial charge on any atom is 0.244 e. The van der Waals surface area contributed by atoms with Gasteiger partial charge in [-0.3, -0.25) is 10.2 Å². The molecule has 0 aliphatic heterocycles. The number of para-hydroxylation sites is 1. The molecule has 0 fully saturated rings. The third kappa shape index (κ3) is 4.09. The van der Waals surface area contributed by atoms with E-state index in [-0.39, 0.29) is 23.7 Å². The summed E-state index contributed by atoms with van der Waals surface area (Å²) in [7, 11) is 0. The molecule has 0 saturated heterocycles. The Morgan fingerprint density at radius 2 is 1.69 bits per heavy atom. The summed E-state index contributed by atoms with van der Waals surface area (Å²) >= 11 is 0. The van der Waals surface area contributed by atoms with Gasteiger partial charge < -0.3 is 15.7 Å². The van der Waals surface area contributed by atoms with Gasteiger partial charge in [-0.2, -0.15) is 0 Å². The molecule has 7 nitrogen and oxygen atoms in total. The van der Waals surface area contributed by atoms with Crippen molar-refractivity contribution in [1.82, 2.24) is 4.57 Å². The van der Waals surface area contributed by atoms with Crippen molar-refractivity contribution in [1.29, 1.82) is 5.41 Å². The number of aromatic nitrogens is 1. The Bertz CT molecular complexity index is 1340. The summed E-state index contributed by atoms with van der Waals surface area (Å²) in [4.78, 5) is 12.9. The average molecular weight is 427 g/mol. The topological polar surface area (TPSA) is 109 Å². The van der Waals surface area contributed by atoms with E-state index in [1.807, 2.05) is 65.2 Å². The number of hydrogen-bond acceptors (Lipinski definition) is 3. The predicted molar refractivity (Wildman–Crippen MR) is 129 cm³/mol. The van der Waals surface area contributed by atoms with Crippen molar-refractivity contribution in [2.45, 2.75) is 32.7 Å². The second kappa shape index (κ2) is 8.26. The van der Waals surface area contributed by atoms with Crippen LogP contribution in [0.4, 0.5) is 5.69 Å². The zero-order valence-electron chi connectivity index (χ0n) is 18.4. The largest absolute Gasteiger partial charge is 0.331 e. The highest BCUT2D eigenvalue weighted by atomic mass is 16.1. The Kier molecular flexibility index (Phi) is 5.48. The molecule has 0 bridgehead atoms. The molecule has 1 aromatic heterocycles. The molecular weight excluding hydrogens is 400 g/mol. The van der Waals surface area contributed by atoms with Crippen LogP contribution in [-0.4, -0.2) is 16.3 Å². The molecule has 4 aromatic rings. The van der Waals surface area contributed by atoms with Crippen LogP contribution in [0.5, 0.6) is 0 Å². The van der Waals surface area contributed by atoms with Gasteiger partial charge in [0.2, 0.25) is 5.91 Å². The molecule has 7 heteroatoms. The van der Waals surface area contributed by atoms with Gasteiger partial charge in [0, 0.05) is 33.1 Å². The quantitative estimate of drug-likeness (QED) is 0.134. The summed E-state index contributed by atoms with van der Waals surface area (Å²) in [5.41, 5.74) is 4.51. The van der Waals surface area contributed by atoms with Gasteiger partial charge in [-0.15, -0.1) is 5.11 Å². The first kappa shape index (κ1) is 21.2. The molecule has 1 heterocycles. The number of amides is 1. The third-order valence-electron chi connectivity index (χ3n) is 5.54. The van der Waals surface area contributed by atoms with Crippen molar-refractivity contribution in [3.8, 4) is 0 Å². The summed E-state index contributed by atoms with van der Waals surface area (Å²) in [5.74, 6) is 4.97. The van der Waals surface area contributed by atoms with Gasteiger partial charge in [0.1, 0.15) is 6.54 Å². The summed E-state index contributed by atoms with van der Waals surface area (Å²) in [5, 5.41) is 19.8. The smallest absolute Gasteiger partial charge is 0.244 e. The van der Waals surface area contributed by atoms with Crippen molar-refractivity contribution >= 4 is 39.2 Å². The van der Waals surface area contributed by atoms with E-state index in [9.17, 15) is 4.79 Å².